The normalized spacial score (nSPS) is 11.3. The molecule has 0 amide bonds. The van der Waals surface area contributed by atoms with Gasteiger partial charge in [0.25, 0.3) is 0 Å². The van der Waals surface area contributed by atoms with Gasteiger partial charge < -0.3 is 4.98 Å². The number of aryl methyl sites for hydroxylation is 1. The Labute approximate surface area is 328 Å². The van der Waals surface area contributed by atoms with Gasteiger partial charge in [0.2, 0.25) is 0 Å². The van der Waals surface area contributed by atoms with Gasteiger partial charge in [0.1, 0.15) is 0 Å². The minimum atomic E-state index is -1.85. The van der Waals surface area contributed by atoms with Crippen molar-refractivity contribution in [1.82, 2.24) is 9.97 Å². The second-order valence-electron chi connectivity index (χ2n) is 14.4. The maximum absolute atomic E-state index is 4.73. The number of pyridine rings is 2. The minimum absolute atomic E-state index is 0. The molecular formula is C47H42GeIrN2S-2. The van der Waals surface area contributed by atoms with E-state index in [-0.39, 0.29) is 20.1 Å². The number of hydrogen-bond donors (Lipinski definition) is 0. The van der Waals surface area contributed by atoms with Crippen molar-refractivity contribution >= 4 is 49.2 Å². The Kier molecular flexibility index (Phi) is 11.7. The van der Waals surface area contributed by atoms with E-state index >= 15 is 0 Å². The molecule has 2 nitrogen and oxygen atoms in total. The molecule has 0 N–H and O–H groups in total. The number of hydrogen-bond acceptors (Lipinski definition) is 3. The van der Waals surface area contributed by atoms with Crippen LogP contribution in [-0.4, -0.2) is 23.2 Å². The quantitative estimate of drug-likeness (QED) is 0.123. The zero-order chi connectivity index (χ0) is 35.5. The van der Waals surface area contributed by atoms with E-state index in [4.69, 9.17) is 4.98 Å². The van der Waals surface area contributed by atoms with Crippen molar-refractivity contribution in [3.05, 3.63) is 163 Å². The van der Waals surface area contributed by atoms with Gasteiger partial charge in [-0.2, -0.15) is 11.3 Å². The molecule has 0 unspecified atom stereocenters. The van der Waals surface area contributed by atoms with Crippen LogP contribution in [0.25, 0.3) is 64.9 Å². The summed E-state index contributed by atoms with van der Waals surface area (Å²) in [7, 11) is 0. The smallest absolute Gasteiger partial charge is 0 e. The second kappa shape index (κ2) is 16.2. The van der Waals surface area contributed by atoms with E-state index < -0.39 is 13.3 Å². The third kappa shape index (κ3) is 8.22. The van der Waals surface area contributed by atoms with Crippen LogP contribution in [0, 0.1) is 19.1 Å². The summed E-state index contributed by atoms with van der Waals surface area (Å²) in [4.78, 5) is 9.38. The maximum Gasteiger partial charge on any atom is 0 e. The molecular weight excluding hydrogens is 889 g/mol. The van der Waals surface area contributed by atoms with E-state index in [1.807, 2.05) is 35.7 Å². The molecule has 0 atom stereocenters. The molecule has 8 rings (SSSR count). The average Bonchev–Trinajstić information content (AvgIpc) is 3.54. The average molecular weight is 932 g/mol. The maximum atomic E-state index is 4.73. The topological polar surface area (TPSA) is 25.8 Å². The summed E-state index contributed by atoms with van der Waals surface area (Å²) in [6.07, 6.45) is 4.01. The predicted octanol–water partition coefficient (Wildman–Crippen LogP) is 12.8. The van der Waals surface area contributed by atoms with Crippen molar-refractivity contribution in [3.63, 3.8) is 0 Å². The van der Waals surface area contributed by atoms with Gasteiger partial charge in [-0.05, 0) is 51.0 Å². The van der Waals surface area contributed by atoms with Gasteiger partial charge in [0.15, 0.2) is 0 Å². The molecule has 1 radical (unpaired) electrons. The van der Waals surface area contributed by atoms with Crippen LogP contribution >= 0.6 is 11.3 Å². The zero-order valence-corrected chi connectivity index (χ0v) is 35.8. The fourth-order valence-corrected chi connectivity index (χ4v) is 11.4. The minimum Gasteiger partial charge on any atom is 0 e. The van der Waals surface area contributed by atoms with Gasteiger partial charge in [-0.1, -0.05) is 67.3 Å². The molecule has 5 aromatic carbocycles. The molecule has 3 heterocycles. The number of thiophene rings is 1. The number of nitrogens with zero attached hydrogens (tertiary/aromatic N) is 2. The first kappa shape index (κ1) is 37.6. The van der Waals surface area contributed by atoms with Crippen molar-refractivity contribution in [2.75, 3.05) is 0 Å². The molecule has 3 aromatic heterocycles. The van der Waals surface area contributed by atoms with Crippen LogP contribution in [0.4, 0.5) is 0 Å². The molecule has 0 aliphatic carbocycles. The number of benzene rings is 5. The largest absolute Gasteiger partial charge is 0 e. The first-order valence-corrected chi connectivity index (χ1v) is 25.7. The van der Waals surface area contributed by atoms with Gasteiger partial charge in [-0.3, -0.25) is 0 Å². The summed E-state index contributed by atoms with van der Waals surface area (Å²) in [6.45, 7) is 6.64. The summed E-state index contributed by atoms with van der Waals surface area (Å²) >= 11 is -0.0170. The Bertz CT molecular complexity index is 2450. The Morgan fingerprint density at radius 2 is 1.31 bits per heavy atom. The van der Waals surface area contributed by atoms with E-state index in [9.17, 15) is 0 Å². The fourth-order valence-electron chi connectivity index (χ4n) is 6.60. The Morgan fingerprint density at radius 1 is 0.635 bits per heavy atom. The first-order valence-electron chi connectivity index (χ1n) is 17.6. The van der Waals surface area contributed by atoms with Gasteiger partial charge in [0, 0.05) is 31.0 Å². The molecule has 261 valence electrons. The molecule has 0 aliphatic heterocycles. The van der Waals surface area contributed by atoms with Crippen LogP contribution in [0.3, 0.4) is 0 Å². The van der Waals surface area contributed by atoms with Crippen molar-refractivity contribution < 1.29 is 20.1 Å². The zero-order valence-electron chi connectivity index (χ0n) is 30.5. The SMILES string of the molecule is CC(C)c1ccnc(-c2[c-]ccc3c2sc2ccc(-c4ccccc4)cc23)c1.Cc1cc(-c2[c-]ccc(-c3ccccc3)c2)nc[c]1[Ge]([CH3])([CH3])[CH3].[Ir]. The molecule has 52 heavy (non-hydrogen) atoms. The molecule has 0 saturated heterocycles. The predicted molar refractivity (Wildman–Crippen MR) is 223 cm³/mol. The molecule has 0 fully saturated rings. The Morgan fingerprint density at radius 3 is 1.96 bits per heavy atom. The van der Waals surface area contributed by atoms with Crippen molar-refractivity contribution in [2.24, 2.45) is 0 Å². The fraction of sp³-hybridized carbons (Fsp3) is 0.149. The Hall–Kier alpha value is -4.19. The van der Waals surface area contributed by atoms with Crippen LogP contribution in [0.1, 0.15) is 30.9 Å². The van der Waals surface area contributed by atoms with E-state index in [0.29, 0.717) is 5.92 Å². The summed E-state index contributed by atoms with van der Waals surface area (Å²) in [5.41, 5.74) is 11.8. The van der Waals surface area contributed by atoms with E-state index in [2.05, 4.69) is 171 Å². The van der Waals surface area contributed by atoms with Crippen molar-refractivity contribution in [1.29, 1.82) is 0 Å². The van der Waals surface area contributed by atoms with Crippen LogP contribution in [0.2, 0.25) is 17.3 Å². The van der Waals surface area contributed by atoms with Gasteiger partial charge in [-0.25, -0.2) is 0 Å². The van der Waals surface area contributed by atoms with E-state index in [1.54, 1.807) is 0 Å². The van der Waals surface area contributed by atoms with Crippen molar-refractivity contribution in [2.45, 2.75) is 44.0 Å². The van der Waals surface area contributed by atoms with Gasteiger partial charge in [0.05, 0.1) is 0 Å². The number of rotatable bonds is 6. The second-order valence-corrected chi connectivity index (χ2v) is 26.0. The Balaban J connectivity index is 0.000000179. The van der Waals surface area contributed by atoms with E-state index in [1.165, 1.54) is 57.9 Å². The monoisotopic (exact) mass is 933 g/mol. The van der Waals surface area contributed by atoms with Crippen molar-refractivity contribution in [3.8, 4) is 44.8 Å². The van der Waals surface area contributed by atoms with Gasteiger partial charge >= 0.3 is 142 Å². The molecule has 0 aliphatic rings. The molecule has 0 bridgehead atoms. The first-order chi connectivity index (χ1) is 24.7. The number of fused-ring (bicyclic) bond motifs is 3. The standard InChI is InChI=1S/C26H20NS.C21H22GeN.Ir/c1-17(2)19-13-14-27-24(16-19)22-10-6-9-21-23-15-20(18-7-4-3-5-8-18)11-12-25(23)28-26(21)22;1-16-13-21(23-15-20(16)22(2,3)4)19-12-8-11-18(14-19)17-9-6-5-7-10-17;/h3-9,11-17H,1-2H3;5-11,13-15H,1-4H3;/q2*-1;. The van der Waals surface area contributed by atoms with Crippen LogP contribution in [0.5, 0.6) is 0 Å². The molecule has 8 aromatic rings. The summed E-state index contributed by atoms with van der Waals surface area (Å²) < 4.78 is 4.04. The third-order valence-electron chi connectivity index (χ3n) is 9.35. The summed E-state index contributed by atoms with van der Waals surface area (Å²) in [6, 6.07) is 51.6. The van der Waals surface area contributed by atoms with E-state index in [0.717, 1.165) is 22.5 Å². The third-order valence-corrected chi connectivity index (χ3v) is 15.0. The van der Waals surface area contributed by atoms with Gasteiger partial charge in [-0.15, -0.1) is 23.8 Å². The molecule has 0 saturated carbocycles. The van der Waals surface area contributed by atoms with Crippen LogP contribution in [-0.2, 0) is 20.1 Å². The summed E-state index contributed by atoms with van der Waals surface area (Å²) in [5, 5.41) is 2.58. The van der Waals surface area contributed by atoms with Crippen LogP contribution in [0.15, 0.2) is 140 Å². The van der Waals surface area contributed by atoms with Crippen LogP contribution < -0.4 is 4.40 Å². The molecule has 5 heteroatoms. The number of aromatic nitrogens is 2. The molecule has 0 spiro atoms. The summed E-state index contributed by atoms with van der Waals surface area (Å²) in [5.74, 6) is 7.71.